The number of esters is 1. The van der Waals surface area contributed by atoms with E-state index in [0.29, 0.717) is 24.5 Å². The van der Waals surface area contributed by atoms with E-state index in [1.165, 1.54) is 13.3 Å². The summed E-state index contributed by atoms with van der Waals surface area (Å²) >= 11 is 0. The van der Waals surface area contributed by atoms with Gasteiger partial charge in [-0.15, -0.1) is 0 Å². The van der Waals surface area contributed by atoms with Crippen LogP contribution in [0.25, 0.3) is 0 Å². The molecule has 7 heteroatoms. The highest BCUT2D eigenvalue weighted by atomic mass is 16.5. The summed E-state index contributed by atoms with van der Waals surface area (Å²) < 4.78 is 4.62. The molecular formula is C26H32N4O3. The summed E-state index contributed by atoms with van der Waals surface area (Å²) in [4.78, 5) is 33.9. The fourth-order valence-electron chi connectivity index (χ4n) is 3.11. The van der Waals surface area contributed by atoms with Gasteiger partial charge < -0.3 is 10.1 Å². The van der Waals surface area contributed by atoms with Crippen molar-refractivity contribution in [3.8, 4) is 0 Å². The van der Waals surface area contributed by atoms with Crippen molar-refractivity contribution in [2.45, 2.75) is 39.0 Å². The smallest absolute Gasteiger partial charge is 0.305 e. The molecule has 1 amide bonds. The number of anilines is 2. The van der Waals surface area contributed by atoms with E-state index in [1.807, 2.05) is 65.6 Å². The molecule has 0 aromatic heterocycles. The minimum Gasteiger partial charge on any atom is -0.469 e. The van der Waals surface area contributed by atoms with Crippen LogP contribution in [0.3, 0.4) is 0 Å². The van der Waals surface area contributed by atoms with Crippen LogP contribution in [0, 0.1) is 0 Å². The quantitative estimate of drug-likeness (QED) is 0.172. The van der Waals surface area contributed by atoms with Crippen molar-refractivity contribution < 1.29 is 14.3 Å². The number of aliphatic imine (C=N–C) groups is 2. The molecule has 0 radical (unpaired) electrons. The van der Waals surface area contributed by atoms with Crippen molar-refractivity contribution in [2.24, 2.45) is 9.98 Å². The third-order valence-corrected chi connectivity index (χ3v) is 4.92. The summed E-state index contributed by atoms with van der Waals surface area (Å²) in [6.07, 6.45) is 5.45. The number of carbonyl (C=O) groups is 2. The van der Waals surface area contributed by atoms with Crippen molar-refractivity contribution >= 4 is 35.9 Å². The van der Waals surface area contributed by atoms with Crippen molar-refractivity contribution in [3.63, 3.8) is 0 Å². The Labute approximate surface area is 195 Å². The Bertz CT molecular complexity index is 917. The average Bonchev–Trinajstić information content (AvgIpc) is 2.86. The number of hydrogen-bond donors (Lipinski definition) is 1. The maximum absolute atomic E-state index is 12.4. The molecule has 1 N–H and O–H groups in total. The van der Waals surface area contributed by atoms with E-state index < -0.39 is 0 Å². The van der Waals surface area contributed by atoms with Gasteiger partial charge in [-0.05, 0) is 50.7 Å². The lowest BCUT2D eigenvalue weighted by Crippen LogP contribution is -2.26. The summed E-state index contributed by atoms with van der Waals surface area (Å²) in [7, 11) is 1.40. The molecule has 0 saturated carbocycles. The number of rotatable bonds is 11. The molecule has 0 spiro atoms. The lowest BCUT2D eigenvalue weighted by atomic mass is 10.1. The van der Waals surface area contributed by atoms with Crippen LogP contribution in [0.2, 0.25) is 0 Å². The second-order valence-electron chi connectivity index (χ2n) is 7.40. The van der Waals surface area contributed by atoms with E-state index in [9.17, 15) is 9.59 Å². The van der Waals surface area contributed by atoms with Gasteiger partial charge in [0, 0.05) is 36.1 Å². The largest absolute Gasteiger partial charge is 0.469 e. The molecule has 0 atom stereocenters. The number of carbonyl (C=O) groups excluding carboxylic acids is 2. The molecule has 7 nitrogen and oxygen atoms in total. The zero-order valence-electron chi connectivity index (χ0n) is 19.4. The van der Waals surface area contributed by atoms with E-state index in [0.717, 1.165) is 37.1 Å². The molecule has 0 aliphatic carbocycles. The predicted octanol–water partition coefficient (Wildman–Crippen LogP) is 5.02. The fraction of sp³-hybridized carbons (Fsp3) is 0.308. The Morgan fingerprint density at radius 1 is 0.970 bits per heavy atom. The molecule has 0 bridgehead atoms. The van der Waals surface area contributed by atoms with Crippen LogP contribution in [0.4, 0.5) is 11.4 Å². The predicted molar refractivity (Wildman–Crippen MR) is 134 cm³/mol. The van der Waals surface area contributed by atoms with Crippen LogP contribution in [0.5, 0.6) is 0 Å². The Morgan fingerprint density at radius 3 is 2.09 bits per heavy atom. The fourth-order valence-corrected chi connectivity index (χ4v) is 3.11. The van der Waals surface area contributed by atoms with E-state index in [-0.39, 0.29) is 11.9 Å². The van der Waals surface area contributed by atoms with E-state index >= 15 is 0 Å². The van der Waals surface area contributed by atoms with E-state index in [2.05, 4.69) is 26.8 Å². The first-order chi connectivity index (χ1) is 16.1. The molecule has 0 heterocycles. The summed E-state index contributed by atoms with van der Waals surface area (Å²) in [5.74, 6) is 0.00366. The number of methoxy groups -OCH3 is 1. The number of ether oxygens (including phenoxy) is 1. The van der Waals surface area contributed by atoms with Gasteiger partial charge in [0.05, 0.1) is 7.11 Å². The molecule has 2 aromatic carbocycles. The normalized spacial score (nSPS) is 11.6. The molecule has 33 heavy (non-hydrogen) atoms. The van der Waals surface area contributed by atoms with Crippen molar-refractivity contribution in [3.05, 3.63) is 72.4 Å². The summed E-state index contributed by atoms with van der Waals surface area (Å²) in [6, 6.07) is 19.5. The van der Waals surface area contributed by atoms with Gasteiger partial charge in [0.15, 0.2) is 0 Å². The number of nitrogens with one attached hydrogen (secondary N) is 1. The van der Waals surface area contributed by atoms with Gasteiger partial charge >= 0.3 is 5.97 Å². The van der Waals surface area contributed by atoms with Crippen LogP contribution in [0.15, 0.2) is 82.4 Å². The number of unbranched alkanes of at least 4 members (excludes halogenated alkanes) is 3. The third-order valence-electron chi connectivity index (χ3n) is 4.92. The van der Waals surface area contributed by atoms with E-state index in [1.54, 1.807) is 6.92 Å². The summed E-state index contributed by atoms with van der Waals surface area (Å²) in [5, 5.41) is 2.90. The third kappa shape index (κ3) is 8.73. The van der Waals surface area contributed by atoms with Crippen LogP contribution < -0.4 is 10.2 Å². The first kappa shape index (κ1) is 25.5. The van der Waals surface area contributed by atoms with Gasteiger partial charge in [0.1, 0.15) is 0 Å². The van der Waals surface area contributed by atoms with E-state index in [4.69, 9.17) is 0 Å². The molecule has 0 aliphatic heterocycles. The Kier molecular flexibility index (Phi) is 11.1. The topological polar surface area (TPSA) is 83.4 Å². The molecule has 0 unspecified atom stereocenters. The van der Waals surface area contributed by atoms with Gasteiger partial charge in [-0.25, -0.2) is 9.98 Å². The number of para-hydroxylation sites is 2. The standard InChI is InChI=1S/C26H32N4O3/c1-21(25(32)28-19-13-5-4-12-18-24(31)33-3)20-29-26(27-2)30(22-14-8-6-9-15-22)23-16-10-7-11-17-23/h6-11,14-17,20H,2,4-5,12-13,18-19H2,1,3H3,(H,28,32)/b21-20+,29-26?. The maximum Gasteiger partial charge on any atom is 0.305 e. The maximum atomic E-state index is 12.4. The van der Waals surface area contributed by atoms with Gasteiger partial charge in [0.2, 0.25) is 11.9 Å². The van der Waals surface area contributed by atoms with Crippen molar-refractivity contribution in [1.29, 1.82) is 0 Å². The minimum absolute atomic E-state index is 0.178. The second kappa shape index (κ2) is 14.3. The zero-order valence-corrected chi connectivity index (χ0v) is 19.4. The number of nitrogens with zero attached hydrogens (tertiary/aromatic N) is 3. The molecule has 2 rings (SSSR count). The van der Waals surface area contributed by atoms with Gasteiger partial charge in [-0.1, -0.05) is 49.2 Å². The number of hydrogen-bond acceptors (Lipinski definition) is 4. The Morgan fingerprint density at radius 2 is 1.55 bits per heavy atom. The van der Waals surface area contributed by atoms with Gasteiger partial charge in [-0.2, -0.15) is 0 Å². The van der Waals surface area contributed by atoms with Crippen LogP contribution >= 0.6 is 0 Å². The van der Waals surface area contributed by atoms with Crippen LogP contribution in [-0.2, 0) is 14.3 Å². The summed E-state index contributed by atoms with van der Waals surface area (Å²) in [5.41, 5.74) is 2.25. The lowest BCUT2D eigenvalue weighted by Gasteiger charge is -2.23. The van der Waals surface area contributed by atoms with Crippen LogP contribution in [0.1, 0.15) is 39.0 Å². The first-order valence-corrected chi connectivity index (χ1v) is 11.0. The molecule has 0 aliphatic rings. The molecule has 0 fully saturated rings. The monoisotopic (exact) mass is 448 g/mol. The zero-order chi connectivity index (χ0) is 23.9. The van der Waals surface area contributed by atoms with Crippen molar-refractivity contribution in [2.75, 3.05) is 18.6 Å². The molecular weight excluding hydrogens is 416 g/mol. The molecule has 2 aromatic rings. The number of benzene rings is 2. The van der Waals surface area contributed by atoms with Gasteiger partial charge in [-0.3, -0.25) is 14.5 Å². The number of amides is 1. The van der Waals surface area contributed by atoms with Crippen molar-refractivity contribution in [1.82, 2.24) is 5.32 Å². The highest BCUT2D eigenvalue weighted by Crippen LogP contribution is 2.26. The highest BCUT2D eigenvalue weighted by molar-refractivity contribution is 6.05. The average molecular weight is 449 g/mol. The lowest BCUT2D eigenvalue weighted by molar-refractivity contribution is -0.140. The van der Waals surface area contributed by atoms with Crippen LogP contribution in [-0.4, -0.2) is 38.2 Å². The highest BCUT2D eigenvalue weighted by Gasteiger charge is 2.14. The minimum atomic E-state index is -0.184. The Balaban J connectivity index is 1.98. The number of guanidine groups is 1. The van der Waals surface area contributed by atoms with Gasteiger partial charge in [0.25, 0.3) is 0 Å². The second-order valence-corrected chi connectivity index (χ2v) is 7.40. The summed E-state index contributed by atoms with van der Waals surface area (Å²) in [6.45, 7) is 5.96. The SMILES string of the molecule is C=NC(=N/C=C(\C)C(=O)NCCCCCCC(=O)OC)N(c1ccccc1)c1ccccc1. The molecule has 0 saturated heterocycles. The molecule has 174 valence electrons. The first-order valence-electron chi connectivity index (χ1n) is 11.0. The Hall–Kier alpha value is -3.74.